The summed E-state index contributed by atoms with van der Waals surface area (Å²) in [6.45, 7) is 7.49. The average Bonchev–Trinajstić information content (AvgIpc) is 3.44. The van der Waals surface area contributed by atoms with Crippen molar-refractivity contribution in [3.63, 3.8) is 0 Å². The van der Waals surface area contributed by atoms with Gasteiger partial charge in [0.1, 0.15) is 0 Å². The van der Waals surface area contributed by atoms with E-state index in [1.807, 2.05) is 0 Å². The monoisotopic (exact) mass is 387 g/mol. The molecule has 3 nitrogen and oxygen atoms in total. The summed E-state index contributed by atoms with van der Waals surface area (Å²) in [5.74, 6) is 3.66. The molecule has 4 saturated carbocycles. The summed E-state index contributed by atoms with van der Waals surface area (Å²) in [5.41, 5.74) is 0.728. The Labute approximate surface area is 172 Å². The van der Waals surface area contributed by atoms with Crippen LogP contribution in [-0.4, -0.2) is 36.1 Å². The Hall–Kier alpha value is -0.570. The predicted octanol–water partition coefficient (Wildman–Crippen LogP) is 5.42. The standard InChI is InChI=1S/C25H41NO2/c1-5-6-16-15-20-18-9-10-21-24(2,14-12-22(27)26(21)4)19(18)11-13-25(20,3)23(16)28-17-7-8-17/h16-21,23H,5-15H2,1-4H3/t16-,18+,19-,20-,21+,23-,24+,25-/m0/s1. The van der Waals surface area contributed by atoms with Gasteiger partial charge in [0, 0.05) is 19.5 Å². The molecule has 1 amide bonds. The molecule has 28 heavy (non-hydrogen) atoms. The van der Waals surface area contributed by atoms with Crippen LogP contribution in [0.25, 0.3) is 0 Å². The van der Waals surface area contributed by atoms with Gasteiger partial charge in [-0.3, -0.25) is 4.79 Å². The second-order valence-corrected chi connectivity index (χ2v) is 11.6. The van der Waals surface area contributed by atoms with Gasteiger partial charge < -0.3 is 9.64 Å². The van der Waals surface area contributed by atoms with Crippen molar-refractivity contribution < 1.29 is 9.53 Å². The smallest absolute Gasteiger partial charge is 0.222 e. The van der Waals surface area contributed by atoms with Crippen LogP contribution in [-0.2, 0) is 9.53 Å². The van der Waals surface area contributed by atoms with Gasteiger partial charge in [-0.05, 0) is 92.3 Å². The topological polar surface area (TPSA) is 29.5 Å². The van der Waals surface area contributed by atoms with E-state index >= 15 is 0 Å². The molecule has 0 aromatic heterocycles. The van der Waals surface area contributed by atoms with Crippen molar-refractivity contribution in [3.05, 3.63) is 0 Å². The van der Waals surface area contributed by atoms with Crippen LogP contribution >= 0.6 is 0 Å². The lowest BCUT2D eigenvalue weighted by Crippen LogP contribution is -2.61. The van der Waals surface area contributed by atoms with Crippen LogP contribution in [0.4, 0.5) is 0 Å². The average molecular weight is 388 g/mol. The summed E-state index contributed by atoms with van der Waals surface area (Å²) in [5, 5.41) is 0. The molecule has 1 aliphatic heterocycles. The molecule has 0 aromatic carbocycles. The molecule has 5 aliphatic rings. The molecule has 0 aromatic rings. The van der Waals surface area contributed by atoms with E-state index in [0.29, 0.717) is 35.0 Å². The first-order valence-electron chi connectivity index (χ1n) is 12.3. The molecule has 4 aliphatic carbocycles. The van der Waals surface area contributed by atoms with Crippen LogP contribution in [0.3, 0.4) is 0 Å². The van der Waals surface area contributed by atoms with E-state index < -0.39 is 0 Å². The second kappa shape index (κ2) is 6.72. The third-order valence-electron chi connectivity index (χ3n) is 10.2. The van der Waals surface area contributed by atoms with Gasteiger partial charge >= 0.3 is 0 Å². The second-order valence-electron chi connectivity index (χ2n) is 11.6. The van der Waals surface area contributed by atoms with Crippen LogP contribution in [0.5, 0.6) is 0 Å². The van der Waals surface area contributed by atoms with Crippen molar-refractivity contribution in [3.8, 4) is 0 Å². The Kier molecular flexibility index (Phi) is 4.66. The van der Waals surface area contributed by atoms with Gasteiger partial charge in [-0.25, -0.2) is 0 Å². The fraction of sp³-hybridized carbons (Fsp3) is 0.960. The van der Waals surface area contributed by atoms with Gasteiger partial charge in [0.05, 0.1) is 12.2 Å². The Morgan fingerprint density at radius 2 is 1.82 bits per heavy atom. The van der Waals surface area contributed by atoms with Crippen LogP contribution in [0, 0.1) is 34.5 Å². The summed E-state index contributed by atoms with van der Waals surface area (Å²) in [6, 6.07) is 0.478. The van der Waals surface area contributed by atoms with Crippen molar-refractivity contribution in [2.45, 2.75) is 110 Å². The van der Waals surface area contributed by atoms with Crippen LogP contribution in [0.1, 0.15) is 91.4 Å². The lowest BCUT2D eigenvalue weighted by molar-refractivity contribution is -0.163. The number of carbonyl (C=O) groups excluding carboxylic acids is 1. The predicted molar refractivity (Wildman–Crippen MR) is 112 cm³/mol. The normalized spacial score (nSPS) is 50.9. The molecule has 3 heteroatoms. The van der Waals surface area contributed by atoms with E-state index in [-0.39, 0.29) is 0 Å². The van der Waals surface area contributed by atoms with E-state index in [4.69, 9.17) is 4.74 Å². The number of ether oxygens (including phenoxy) is 1. The van der Waals surface area contributed by atoms with Gasteiger partial charge in [-0.15, -0.1) is 0 Å². The van der Waals surface area contributed by atoms with Crippen LogP contribution in [0.15, 0.2) is 0 Å². The molecule has 1 heterocycles. The molecule has 5 rings (SSSR count). The first-order valence-corrected chi connectivity index (χ1v) is 12.3. The SMILES string of the molecule is CCC[C@H]1C[C@H]2[C@@H]3CC[C@H]4N(C)C(=O)CC[C@]4(C)[C@H]3CC[C@]2(C)[C@H]1OC1CC1. The van der Waals surface area contributed by atoms with Crippen LogP contribution < -0.4 is 0 Å². The van der Waals surface area contributed by atoms with Gasteiger partial charge in [-0.1, -0.05) is 27.2 Å². The molecule has 0 N–H and O–H groups in total. The molecule has 5 fully saturated rings. The number of piperidine rings is 1. The summed E-state index contributed by atoms with van der Waals surface area (Å²) < 4.78 is 6.75. The lowest BCUT2D eigenvalue weighted by atomic mass is 9.47. The zero-order valence-electron chi connectivity index (χ0n) is 18.6. The number of amides is 1. The van der Waals surface area contributed by atoms with Crippen molar-refractivity contribution >= 4 is 5.91 Å². The molecular weight excluding hydrogens is 346 g/mol. The molecule has 1 saturated heterocycles. The number of nitrogens with zero attached hydrogens (tertiary/aromatic N) is 1. The fourth-order valence-corrected chi connectivity index (χ4v) is 8.60. The first-order chi connectivity index (χ1) is 13.4. The number of rotatable bonds is 4. The highest BCUT2D eigenvalue weighted by Crippen LogP contribution is 2.66. The van der Waals surface area contributed by atoms with E-state index in [9.17, 15) is 4.79 Å². The summed E-state index contributed by atoms with van der Waals surface area (Å²) >= 11 is 0. The maximum absolute atomic E-state index is 12.4. The Morgan fingerprint density at radius 3 is 2.54 bits per heavy atom. The molecular formula is C25H41NO2. The Bertz CT molecular complexity index is 630. The van der Waals surface area contributed by atoms with Gasteiger partial charge in [0.25, 0.3) is 0 Å². The lowest BCUT2D eigenvalue weighted by Gasteiger charge is -2.61. The van der Waals surface area contributed by atoms with E-state index in [0.717, 1.165) is 36.5 Å². The Balaban J connectivity index is 1.42. The maximum atomic E-state index is 12.4. The number of hydrogen-bond donors (Lipinski definition) is 0. The molecule has 0 bridgehead atoms. The quantitative estimate of drug-likeness (QED) is 0.644. The first kappa shape index (κ1) is 19.4. The highest BCUT2D eigenvalue weighted by atomic mass is 16.5. The van der Waals surface area contributed by atoms with E-state index in [1.165, 1.54) is 57.8 Å². The summed E-state index contributed by atoms with van der Waals surface area (Å²) in [4.78, 5) is 14.5. The highest BCUT2D eigenvalue weighted by Gasteiger charge is 2.63. The molecule has 0 radical (unpaired) electrons. The fourth-order valence-electron chi connectivity index (χ4n) is 8.60. The summed E-state index contributed by atoms with van der Waals surface area (Å²) in [6.07, 6.45) is 14.8. The largest absolute Gasteiger partial charge is 0.374 e. The van der Waals surface area contributed by atoms with Gasteiger partial charge in [-0.2, -0.15) is 0 Å². The van der Waals surface area contributed by atoms with Crippen LogP contribution in [0.2, 0.25) is 0 Å². The van der Waals surface area contributed by atoms with Crippen molar-refractivity contribution in [1.82, 2.24) is 4.90 Å². The van der Waals surface area contributed by atoms with E-state index in [1.54, 1.807) is 0 Å². The number of hydrogen-bond acceptors (Lipinski definition) is 2. The van der Waals surface area contributed by atoms with Crippen molar-refractivity contribution in [1.29, 1.82) is 0 Å². The van der Waals surface area contributed by atoms with Crippen molar-refractivity contribution in [2.75, 3.05) is 7.05 Å². The Morgan fingerprint density at radius 1 is 1.04 bits per heavy atom. The minimum absolute atomic E-state index is 0.336. The molecule has 0 spiro atoms. The zero-order chi connectivity index (χ0) is 19.7. The van der Waals surface area contributed by atoms with Gasteiger partial charge in [0.15, 0.2) is 0 Å². The van der Waals surface area contributed by atoms with E-state index in [2.05, 4.69) is 32.7 Å². The summed E-state index contributed by atoms with van der Waals surface area (Å²) in [7, 11) is 2.07. The number of likely N-dealkylation sites (tertiary alicyclic amines) is 1. The molecule has 0 unspecified atom stereocenters. The molecule has 158 valence electrons. The highest BCUT2D eigenvalue weighted by molar-refractivity contribution is 5.77. The third-order valence-corrected chi connectivity index (χ3v) is 10.2. The maximum Gasteiger partial charge on any atom is 0.222 e. The third kappa shape index (κ3) is 2.74. The van der Waals surface area contributed by atoms with Crippen molar-refractivity contribution in [2.24, 2.45) is 34.5 Å². The van der Waals surface area contributed by atoms with Gasteiger partial charge in [0.2, 0.25) is 5.91 Å². The molecule has 8 atom stereocenters. The minimum Gasteiger partial charge on any atom is -0.374 e. The number of fused-ring (bicyclic) bond motifs is 5. The number of carbonyl (C=O) groups is 1. The zero-order valence-corrected chi connectivity index (χ0v) is 18.6. The minimum atomic E-state index is 0.336.